The van der Waals surface area contributed by atoms with Crippen LogP contribution in [0.2, 0.25) is 12.1 Å². The average Bonchev–Trinajstić information content (AvgIpc) is 2.40. The average molecular weight is 307 g/mol. The van der Waals surface area contributed by atoms with Crippen LogP contribution in [-0.2, 0) is 18.6 Å². The maximum atomic E-state index is 6.08. The van der Waals surface area contributed by atoms with E-state index in [9.17, 15) is 0 Å². The van der Waals surface area contributed by atoms with E-state index in [1.165, 1.54) is 0 Å². The van der Waals surface area contributed by atoms with Crippen LogP contribution in [0.1, 0.15) is 41.5 Å². The standard InChI is InChI=1S/C13H30O4Si2/c1-7-14-13(15-8-2,16-9-3)19(17-10-4)18(11-5)12-6/h7-12H2,1-6H3. The summed E-state index contributed by atoms with van der Waals surface area (Å²) in [7, 11) is -1.93. The van der Waals surface area contributed by atoms with E-state index in [-0.39, 0.29) is 0 Å². The van der Waals surface area contributed by atoms with E-state index >= 15 is 0 Å². The van der Waals surface area contributed by atoms with Gasteiger partial charge in [0.15, 0.2) is 0 Å². The molecule has 0 rings (SSSR count). The minimum Gasteiger partial charge on any atom is -0.548 e. The molecule has 0 aromatic heterocycles. The lowest BCUT2D eigenvalue weighted by Gasteiger charge is -2.34. The van der Waals surface area contributed by atoms with Crippen molar-refractivity contribution in [2.75, 3.05) is 26.4 Å². The molecule has 19 heavy (non-hydrogen) atoms. The molecule has 0 aliphatic rings. The van der Waals surface area contributed by atoms with Crippen LogP contribution in [0.25, 0.3) is 0 Å². The lowest BCUT2D eigenvalue weighted by molar-refractivity contribution is -0.328. The molecule has 0 saturated heterocycles. The molecular formula is C13H30O4Si2. The Labute approximate surface area is 121 Å². The summed E-state index contributed by atoms with van der Waals surface area (Å²) >= 11 is 0. The first-order valence-corrected chi connectivity index (χ1v) is 11.7. The van der Waals surface area contributed by atoms with Crippen molar-refractivity contribution >= 4 is 16.0 Å². The molecule has 0 aliphatic heterocycles. The van der Waals surface area contributed by atoms with E-state index < -0.39 is 21.6 Å². The van der Waals surface area contributed by atoms with Gasteiger partial charge in [0.25, 0.3) is 0 Å². The second-order valence-corrected chi connectivity index (χ2v) is 11.6. The maximum Gasteiger partial charge on any atom is 0.313 e. The van der Waals surface area contributed by atoms with Crippen molar-refractivity contribution in [3.63, 3.8) is 0 Å². The molecule has 0 heterocycles. The highest BCUT2D eigenvalue weighted by Crippen LogP contribution is 2.19. The summed E-state index contributed by atoms with van der Waals surface area (Å²) in [6, 6.07) is 2.31. The van der Waals surface area contributed by atoms with Crippen molar-refractivity contribution < 1.29 is 18.6 Å². The summed E-state index contributed by atoms with van der Waals surface area (Å²) in [5.74, 6) is 0. The lowest BCUT2D eigenvalue weighted by atomic mass is 10.8. The molecule has 0 saturated carbocycles. The first-order chi connectivity index (χ1) is 9.15. The second kappa shape index (κ2) is 10.8. The van der Waals surface area contributed by atoms with Gasteiger partial charge in [-0.25, -0.2) is 0 Å². The summed E-state index contributed by atoms with van der Waals surface area (Å²) in [4.78, 5) is 0. The Bertz CT molecular complexity index is 246. The summed E-state index contributed by atoms with van der Waals surface area (Å²) in [5.41, 5.74) is -0.931. The molecule has 6 heteroatoms. The molecule has 0 aromatic rings. The molecule has 0 amide bonds. The minimum atomic E-state index is -1.29. The fourth-order valence-electron chi connectivity index (χ4n) is 2.01. The van der Waals surface area contributed by atoms with E-state index in [0.29, 0.717) is 26.4 Å². The Morgan fingerprint density at radius 3 is 1.37 bits per heavy atom. The molecule has 0 unspecified atom stereocenters. The Kier molecular flexibility index (Phi) is 10.9. The predicted molar refractivity (Wildman–Crippen MR) is 81.7 cm³/mol. The summed E-state index contributed by atoms with van der Waals surface area (Å²) in [5, 5.41) is 0. The van der Waals surface area contributed by atoms with Crippen molar-refractivity contribution in [3.05, 3.63) is 0 Å². The Morgan fingerprint density at radius 1 is 0.684 bits per heavy atom. The SMILES string of the molecule is CCO[Si](=[Si](CC)CC)C(OCC)(OCC)OCC. The van der Waals surface area contributed by atoms with Crippen molar-refractivity contribution in [3.8, 4) is 0 Å². The second-order valence-electron chi connectivity index (χ2n) is 3.93. The fraction of sp³-hybridized carbons (Fsp3) is 1.00. The van der Waals surface area contributed by atoms with Crippen LogP contribution < -0.4 is 0 Å². The van der Waals surface area contributed by atoms with Gasteiger partial charge in [-0.3, -0.25) is 0 Å². The number of ether oxygens (including phenoxy) is 3. The van der Waals surface area contributed by atoms with Crippen LogP contribution in [0.5, 0.6) is 0 Å². The third-order valence-corrected chi connectivity index (χ3v) is 12.1. The molecular weight excluding hydrogens is 276 g/mol. The van der Waals surface area contributed by atoms with Gasteiger partial charge in [0.05, 0.1) is 6.61 Å². The number of rotatable bonds is 11. The zero-order chi connectivity index (χ0) is 14.7. The number of hydrogen-bond donors (Lipinski definition) is 0. The predicted octanol–water partition coefficient (Wildman–Crippen LogP) is 2.93. The van der Waals surface area contributed by atoms with Crippen LogP contribution in [0.4, 0.5) is 0 Å². The maximum absolute atomic E-state index is 6.08. The Balaban J connectivity index is 5.61. The molecule has 114 valence electrons. The Morgan fingerprint density at radius 2 is 1.11 bits per heavy atom. The van der Waals surface area contributed by atoms with Crippen LogP contribution in [-0.4, -0.2) is 48.0 Å². The van der Waals surface area contributed by atoms with Crippen LogP contribution in [0, 0.1) is 0 Å². The monoisotopic (exact) mass is 306 g/mol. The highest BCUT2D eigenvalue weighted by molar-refractivity contribution is 6.94. The molecule has 0 aromatic carbocycles. The van der Waals surface area contributed by atoms with Crippen LogP contribution in [0.15, 0.2) is 0 Å². The molecule has 0 fully saturated rings. The zero-order valence-corrected chi connectivity index (χ0v) is 15.4. The van der Waals surface area contributed by atoms with Gasteiger partial charge in [0, 0.05) is 27.7 Å². The molecule has 0 bridgehead atoms. The van der Waals surface area contributed by atoms with Crippen molar-refractivity contribution in [2.24, 2.45) is 0 Å². The van der Waals surface area contributed by atoms with E-state index in [1.54, 1.807) is 0 Å². The minimum absolute atomic E-state index is 0.573. The van der Waals surface area contributed by atoms with Crippen molar-refractivity contribution in [2.45, 2.75) is 59.2 Å². The van der Waals surface area contributed by atoms with E-state index in [1.807, 2.05) is 27.7 Å². The lowest BCUT2D eigenvalue weighted by Crippen LogP contribution is -2.53. The van der Waals surface area contributed by atoms with Gasteiger partial charge < -0.3 is 18.6 Å². The summed E-state index contributed by atoms with van der Waals surface area (Å²) in [6.07, 6.45) is 0. The molecule has 0 spiro atoms. The fourth-order valence-corrected chi connectivity index (χ4v) is 10.0. The van der Waals surface area contributed by atoms with Gasteiger partial charge in [-0.05, 0) is 39.8 Å². The highest BCUT2D eigenvalue weighted by atomic mass is 28.9. The Hall–Kier alpha value is 0.114. The van der Waals surface area contributed by atoms with Crippen molar-refractivity contribution in [1.29, 1.82) is 0 Å². The van der Waals surface area contributed by atoms with Gasteiger partial charge in [-0.1, -0.05) is 13.8 Å². The third kappa shape index (κ3) is 5.55. The van der Waals surface area contributed by atoms with Crippen LogP contribution >= 0.6 is 0 Å². The van der Waals surface area contributed by atoms with E-state index in [2.05, 4.69) is 13.8 Å². The van der Waals surface area contributed by atoms with Gasteiger partial charge in [-0.2, -0.15) is 0 Å². The molecule has 0 atom stereocenters. The first kappa shape index (κ1) is 19.1. The largest absolute Gasteiger partial charge is 0.548 e. The molecule has 0 N–H and O–H groups in total. The smallest absolute Gasteiger partial charge is 0.313 e. The third-order valence-electron chi connectivity index (χ3n) is 2.74. The molecule has 0 radical (unpaired) electrons. The van der Waals surface area contributed by atoms with E-state index in [4.69, 9.17) is 18.6 Å². The molecule has 4 nitrogen and oxygen atoms in total. The normalized spacial score (nSPS) is 11.5. The first-order valence-electron chi connectivity index (χ1n) is 7.42. The number of hydrogen-bond acceptors (Lipinski definition) is 4. The van der Waals surface area contributed by atoms with E-state index in [0.717, 1.165) is 12.1 Å². The van der Waals surface area contributed by atoms with Crippen LogP contribution in [0.3, 0.4) is 0 Å². The van der Waals surface area contributed by atoms with Gasteiger partial charge in [-0.15, -0.1) is 0 Å². The van der Waals surface area contributed by atoms with Crippen molar-refractivity contribution in [1.82, 2.24) is 0 Å². The van der Waals surface area contributed by atoms with Gasteiger partial charge >= 0.3 is 13.7 Å². The quantitative estimate of drug-likeness (QED) is 0.434. The van der Waals surface area contributed by atoms with Gasteiger partial charge in [0.1, 0.15) is 0 Å². The molecule has 0 aliphatic carbocycles. The summed E-state index contributed by atoms with van der Waals surface area (Å²) < 4.78 is 23.8. The van der Waals surface area contributed by atoms with Gasteiger partial charge in [0.2, 0.25) is 0 Å². The topological polar surface area (TPSA) is 36.9 Å². The highest BCUT2D eigenvalue weighted by Gasteiger charge is 2.42. The zero-order valence-electron chi connectivity index (χ0n) is 13.4. The summed E-state index contributed by atoms with van der Waals surface area (Å²) in [6.45, 7) is 14.8.